The van der Waals surface area contributed by atoms with Crippen molar-refractivity contribution in [1.29, 1.82) is 0 Å². The van der Waals surface area contributed by atoms with Gasteiger partial charge in [-0.15, -0.1) is 0 Å². The second-order valence-corrected chi connectivity index (χ2v) is 19.6. The molecule has 2 saturated heterocycles. The van der Waals surface area contributed by atoms with Crippen LogP contribution in [0.4, 0.5) is 11.6 Å². The van der Waals surface area contributed by atoms with Crippen molar-refractivity contribution in [2.45, 2.75) is 49.7 Å². The maximum absolute atomic E-state index is 11.8. The Hall–Kier alpha value is -1.98. The quantitative estimate of drug-likeness (QED) is 0.0783. The van der Waals surface area contributed by atoms with Crippen LogP contribution in [0.3, 0.4) is 0 Å². The third-order valence-corrected chi connectivity index (χ3v) is 14.0. The number of ether oxygens (including phenoxy) is 2. The predicted octanol–water partition coefficient (Wildman–Crippen LogP) is -2.37. The molecule has 4 rings (SSSR count). The summed E-state index contributed by atoms with van der Waals surface area (Å²) in [6.45, 7) is -1.70. The zero-order valence-electron chi connectivity index (χ0n) is 27.2. The summed E-state index contributed by atoms with van der Waals surface area (Å²) in [7, 11) is -33.0. The van der Waals surface area contributed by atoms with Crippen LogP contribution < -0.4 is 22.8 Å². The number of aliphatic hydroxyl groups is 2. The van der Waals surface area contributed by atoms with Crippen molar-refractivity contribution < 1.29 is 113 Å². The smallest absolute Gasteiger partial charge is 0.390 e. The molecule has 14 N–H and O–H groups in total. The van der Waals surface area contributed by atoms with E-state index in [4.69, 9.17) is 50.3 Å². The number of phosphoric acid groups is 6. The summed E-state index contributed by atoms with van der Waals surface area (Å²) >= 11 is 0. The number of hydrogen-bond donors (Lipinski definition) is 12. The number of anilines is 2. The summed E-state index contributed by atoms with van der Waals surface area (Å²) in [5, 5.41) is 19.9. The molecule has 2 aromatic heterocycles. The van der Waals surface area contributed by atoms with Gasteiger partial charge < -0.3 is 70.3 Å². The van der Waals surface area contributed by atoms with E-state index in [2.05, 4.69) is 36.3 Å². The van der Waals surface area contributed by atoms with Crippen LogP contribution in [-0.4, -0.2) is 106 Å². The zero-order valence-corrected chi connectivity index (χ0v) is 32.6. The molecule has 0 bridgehead atoms. The van der Waals surface area contributed by atoms with Crippen LogP contribution >= 0.6 is 46.9 Å². The molecule has 10 atom stereocenters. The van der Waals surface area contributed by atoms with Crippen molar-refractivity contribution in [3.63, 3.8) is 0 Å². The van der Waals surface area contributed by atoms with Crippen molar-refractivity contribution >= 4 is 58.6 Å². The zero-order chi connectivity index (χ0) is 42.7. The van der Waals surface area contributed by atoms with E-state index in [0.717, 1.165) is 9.13 Å². The van der Waals surface area contributed by atoms with E-state index >= 15 is 0 Å². The minimum absolute atomic E-state index is 0.0380. The topological polar surface area (TPSA) is 500 Å². The monoisotopic (exact) mass is 934 g/mol. The second kappa shape index (κ2) is 18.5. The lowest BCUT2D eigenvalue weighted by Crippen LogP contribution is -2.28. The first-order valence-corrected chi connectivity index (χ1v) is 23.3. The summed E-state index contributed by atoms with van der Waals surface area (Å²) in [5.74, 6) is -0.0759. The molecule has 0 spiro atoms. The highest BCUT2D eigenvalue weighted by molar-refractivity contribution is 7.67. The summed E-state index contributed by atoms with van der Waals surface area (Å²) in [5.41, 5.74) is 9.17. The van der Waals surface area contributed by atoms with Crippen LogP contribution in [-0.2, 0) is 63.2 Å². The second-order valence-electron chi connectivity index (χ2n) is 10.7. The molecule has 38 heteroatoms. The van der Waals surface area contributed by atoms with Gasteiger partial charge in [0, 0.05) is 25.2 Å². The van der Waals surface area contributed by atoms with Crippen LogP contribution in [0.5, 0.6) is 0 Å². The number of aromatic nitrogens is 4. The first kappa shape index (κ1) is 48.4. The molecule has 4 unspecified atom stereocenters. The van der Waals surface area contributed by atoms with Gasteiger partial charge in [-0.2, -0.15) is 27.2 Å². The standard InChI is InChI=1S/2C9H16N3O13P3/c2*10-7-1-2-12(9(14)11-7)8-3-5(13)6(23-8)4-22-27(18,19)25-28(20,21)24-26(15,16)17/h2*1-2,5-6,8,13H,3-4H2,(H,18,19)(H,20,21)(H2,10,11,14)(H2,15,16,17)/t2*5-,6+,8+/m00/s1. The molecule has 320 valence electrons. The van der Waals surface area contributed by atoms with Crippen LogP contribution in [0.1, 0.15) is 25.3 Å². The van der Waals surface area contributed by atoms with Gasteiger partial charge in [-0.1, -0.05) is 0 Å². The maximum Gasteiger partial charge on any atom is 0.490 e. The van der Waals surface area contributed by atoms with Gasteiger partial charge in [0.15, 0.2) is 0 Å². The highest BCUT2D eigenvalue weighted by atomic mass is 31.3. The molecule has 2 fully saturated rings. The van der Waals surface area contributed by atoms with Crippen molar-refractivity contribution in [2.75, 3.05) is 24.7 Å². The van der Waals surface area contributed by atoms with Crippen LogP contribution in [0.25, 0.3) is 0 Å². The van der Waals surface area contributed by atoms with E-state index < -0.39 is 108 Å². The summed E-state index contributed by atoms with van der Waals surface area (Å²) in [6, 6.07) is 2.60. The lowest BCUT2D eigenvalue weighted by atomic mass is 10.2. The molecule has 0 aliphatic carbocycles. The Bertz CT molecular complexity index is 1980. The van der Waals surface area contributed by atoms with Crippen LogP contribution in [0, 0.1) is 0 Å². The average Bonchev–Trinajstić information content (AvgIpc) is 3.52. The molecule has 4 heterocycles. The summed E-state index contributed by atoms with van der Waals surface area (Å²) in [4.78, 5) is 101. The van der Waals surface area contributed by atoms with Gasteiger partial charge in [0.05, 0.1) is 25.4 Å². The van der Waals surface area contributed by atoms with E-state index in [1.807, 2.05) is 0 Å². The van der Waals surface area contributed by atoms with E-state index in [-0.39, 0.29) is 24.5 Å². The molecule has 56 heavy (non-hydrogen) atoms. The van der Waals surface area contributed by atoms with Crippen molar-refractivity contribution in [2.24, 2.45) is 0 Å². The fraction of sp³-hybridized carbons (Fsp3) is 0.556. The third kappa shape index (κ3) is 16.0. The Balaban J connectivity index is 0.000000300. The molecule has 2 aliphatic rings. The van der Waals surface area contributed by atoms with Gasteiger partial charge in [-0.25, -0.2) is 37.0 Å². The van der Waals surface area contributed by atoms with E-state index in [0.29, 0.717) is 0 Å². The van der Waals surface area contributed by atoms with Gasteiger partial charge in [-0.05, 0) is 12.1 Å². The number of nitrogens with two attached hydrogens (primary N) is 2. The Morgan fingerprint density at radius 3 is 1.21 bits per heavy atom. The lowest BCUT2D eigenvalue weighted by Gasteiger charge is -2.19. The SMILES string of the molecule is Nc1ccn([C@H]2C[C@H](O)[C@@H](COP(=O)(O)OP(=O)(O)OP(=O)(O)O)O2)c(=O)n1.Nc1ccn([C@H]2C[C@H](O)[C@@H](COP(=O)(O)OP(=O)(O)OP(=O)(O)O)O2)c(=O)n1. The van der Waals surface area contributed by atoms with Crippen LogP contribution in [0.15, 0.2) is 34.1 Å². The normalized spacial score (nSPS) is 27.2. The Morgan fingerprint density at radius 1 is 0.607 bits per heavy atom. The number of nitrogen functional groups attached to an aromatic ring is 2. The molecule has 2 aromatic rings. The van der Waals surface area contributed by atoms with Crippen LogP contribution in [0.2, 0.25) is 0 Å². The van der Waals surface area contributed by atoms with Crippen molar-refractivity contribution in [3.05, 3.63) is 45.5 Å². The minimum Gasteiger partial charge on any atom is -0.390 e. The largest absolute Gasteiger partial charge is 0.490 e. The molecular formula is C18H32N6O26P6. The molecule has 0 aromatic carbocycles. The molecule has 2 aliphatic heterocycles. The van der Waals surface area contributed by atoms with E-state index in [9.17, 15) is 57.0 Å². The van der Waals surface area contributed by atoms with Crippen molar-refractivity contribution in [3.8, 4) is 0 Å². The number of hydrogen-bond acceptors (Lipinski definition) is 22. The molecule has 32 nitrogen and oxygen atoms in total. The number of nitrogens with zero attached hydrogens (tertiary/aromatic N) is 4. The molecular weight excluding hydrogens is 902 g/mol. The number of phosphoric ester groups is 2. The van der Waals surface area contributed by atoms with E-state index in [1.165, 1.54) is 24.5 Å². The fourth-order valence-corrected chi connectivity index (χ4v) is 10.4. The highest BCUT2D eigenvalue weighted by Gasteiger charge is 2.44. The average molecular weight is 934 g/mol. The first-order valence-electron chi connectivity index (χ1n) is 14.3. The maximum atomic E-state index is 11.8. The van der Waals surface area contributed by atoms with Crippen molar-refractivity contribution in [1.82, 2.24) is 19.1 Å². The highest BCUT2D eigenvalue weighted by Crippen LogP contribution is 2.67. The number of rotatable bonds is 16. The Morgan fingerprint density at radius 2 is 0.929 bits per heavy atom. The van der Waals surface area contributed by atoms with Gasteiger partial charge in [0.25, 0.3) is 0 Å². The van der Waals surface area contributed by atoms with E-state index in [1.54, 1.807) is 0 Å². The fourth-order valence-electron chi connectivity index (χ4n) is 4.30. The molecule has 0 amide bonds. The van der Waals surface area contributed by atoms with Gasteiger partial charge >= 0.3 is 58.3 Å². The van der Waals surface area contributed by atoms with Gasteiger partial charge in [0.1, 0.15) is 36.3 Å². The summed E-state index contributed by atoms with van der Waals surface area (Å²) in [6.07, 6.45) is -4.84. The Labute approximate surface area is 310 Å². The number of aliphatic hydroxyl groups excluding tert-OH is 2. The third-order valence-electron chi connectivity index (χ3n) is 6.37. The lowest BCUT2D eigenvalue weighted by molar-refractivity contribution is -0.0449. The van der Waals surface area contributed by atoms with Gasteiger partial charge in [0.2, 0.25) is 0 Å². The molecule has 0 radical (unpaired) electrons. The Kier molecular flexibility index (Phi) is 16.0. The van der Waals surface area contributed by atoms with Gasteiger partial charge in [-0.3, -0.25) is 18.2 Å². The first-order chi connectivity index (χ1) is 25.3. The molecule has 0 saturated carbocycles. The minimum atomic E-state index is -5.65. The summed E-state index contributed by atoms with van der Waals surface area (Å²) < 4.78 is 102. The predicted molar refractivity (Wildman–Crippen MR) is 175 cm³/mol.